The van der Waals surface area contributed by atoms with E-state index in [0.29, 0.717) is 13.2 Å². The van der Waals surface area contributed by atoms with Crippen molar-refractivity contribution in [1.29, 1.82) is 0 Å². The maximum absolute atomic E-state index is 11.3. The average molecular weight is 267 g/mol. The molecule has 1 aliphatic rings. The summed E-state index contributed by atoms with van der Waals surface area (Å²) in [6, 6.07) is 2.48. The average Bonchev–Trinajstić information content (AvgIpc) is 2.35. The number of nitrogens with zero attached hydrogens (tertiary/aromatic N) is 2. The van der Waals surface area contributed by atoms with Crippen molar-refractivity contribution in [2.75, 3.05) is 25.6 Å². The van der Waals surface area contributed by atoms with Crippen LogP contribution in [-0.2, 0) is 9.47 Å². The molecule has 0 aromatic carbocycles. The van der Waals surface area contributed by atoms with Crippen molar-refractivity contribution >= 4 is 17.5 Å². The summed E-state index contributed by atoms with van der Waals surface area (Å²) in [5.41, 5.74) is -0.169. The molecule has 8 heteroatoms. The zero-order chi connectivity index (χ0) is 13.8. The maximum atomic E-state index is 11.3. The highest BCUT2D eigenvalue weighted by molar-refractivity contribution is 5.88. The third kappa shape index (κ3) is 2.97. The van der Waals surface area contributed by atoms with Crippen molar-refractivity contribution in [2.45, 2.75) is 12.5 Å². The molecule has 0 amide bonds. The first kappa shape index (κ1) is 13.2. The second kappa shape index (κ2) is 5.61. The number of ether oxygens (including phenoxy) is 2. The van der Waals surface area contributed by atoms with Gasteiger partial charge in [-0.05, 0) is 12.5 Å². The van der Waals surface area contributed by atoms with Crippen LogP contribution in [0.2, 0.25) is 0 Å². The molecule has 0 saturated carbocycles. The number of hydrogen-bond donors (Lipinski definition) is 1. The number of nitro groups is 1. The first-order valence-electron chi connectivity index (χ1n) is 5.71. The molecule has 102 valence electrons. The van der Waals surface area contributed by atoms with Crippen LogP contribution in [0.25, 0.3) is 0 Å². The number of rotatable bonds is 5. The van der Waals surface area contributed by atoms with Gasteiger partial charge in [-0.3, -0.25) is 10.1 Å². The van der Waals surface area contributed by atoms with Crippen molar-refractivity contribution in [3.63, 3.8) is 0 Å². The Hall–Kier alpha value is -2.22. The monoisotopic (exact) mass is 267 g/mol. The first-order chi connectivity index (χ1) is 9.11. The topological polar surface area (TPSA) is 104 Å². The van der Waals surface area contributed by atoms with Gasteiger partial charge < -0.3 is 14.8 Å². The second-order valence-corrected chi connectivity index (χ2v) is 3.98. The number of methoxy groups -OCH3 is 1. The number of carbonyl (C=O) groups is 1. The summed E-state index contributed by atoms with van der Waals surface area (Å²) in [7, 11) is 1.22. The molecule has 1 aliphatic heterocycles. The van der Waals surface area contributed by atoms with Gasteiger partial charge in [0.1, 0.15) is 0 Å². The number of nitrogens with one attached hydrogen (secondary N) is 1. The van der Waals surface area contributed by atoms with Crippen LogP contribution in [0.4, 0.5) is 11.5 Å². The van der Waals surface area contributed by atoms with E-state index in [-0.39, 0.29) is 23.3 Å². The van der Waals surface area contributed by atoms with E-state index in [1.165, 1.54) is 19.2 Å². The summed E-state index contributed by atoms with van der Waals surface area (Å²) in [5, 5.41) is 13.7. The second-order valence-electron chi connectivity index (χ2n) is 3.98. The van der Waals surface area contributed by atoms with Crippen LogP contribution in [0.15, 0.2) is 12.1 Å². The van der Waals surface area contributed by atoms with Crippen LogP contribution in [0.1, 0.15) is 16.9 Å². The molecule has 1 aromatic heterocycles. The van der Waals surface area contributed by atoms with Gasteiger partial charge in [0.15, 0.2) is 5.69 Å². The fraction of sp³-hybridized carbons (Fsp3) is 0.455. The number of pyridine rings is 1. The number of aromatic nitrogens is 1. The number of hydrogen-bond acceptors (Lipinski definition) is 7. The molecule has 0 bridgehead atoms. The van der Waals surface area contributed by atoms with Crippen molar-refractivity contribution < 1.29 is 19.2 Å². The minimum Gasteiger partial charge on any atom is -0.464 e. The van der Waals surface area contributed by atoms with E-state index in [1.807, 2.05) is 0 Å². The lowest BCUT2D eigenvalue weighted by Gasteiger charge is -2.26. The van der Waals surface area contributed by atoms with Crippen molar-refractivity contribution in [2.24, 2.45) is 0 Å². The van der Waals surface area contributed by atoms with Gasteiger partial charge in [-0.2, -0.15) is 0 Å². The molecular weight excluding hydrogens is 254 g/mol. The van der Waals surface area contributed by atoms with Crippen LogP contribution in [0.5, 0.6) is 0 Å². The number of anilines is 1. The van der Waals surface area contributed by atoms with E-state index >= 15 is 0 Å². The van der Waals surface area contributed by atoms with Gasteiger partial charge in [0, 0.05) is 19.2 Å². The molecule has 1 N–H and O–H groups in total. The summed E-state index contributed by atoms with van der Waals surface area (Å²) in [6.07, 6.45) is 0.931. The molecule has 1 fully saturated rings. The minimum absolute atomic E-state index is 0.0186. The highest BCUT2D eigenvalue weighted by Gasteiger charge is 2.22. The number of esters is 1. The van der Waals surface area contributed by atoms with Gasteiger partial charge in [-0.15, -0.1) is 0 Å². The third-order valence-corrected chi connectivity index (χ3v) is 2.76. The fourth-order valence-electron chi connectivity index (χ4n) is 1.60. The predicted octanol–water partition coefficient (Wildman–Crippen LogP) is 0.977. The Balaban J connectivity index is 2.19. The molecule has 2 rings (SSSR count). The molecule has 1 aromatic rings. The van der Waals surface area contributed by atoms with E-state index in [2.05, 4.69) is 15.0 Å². The zero-order valence-corrected chi connectivity index (χ0v) is 10.3. The van der Waals surface area contributed by atoms with E-state index in [4.69, 9.17) is 4.74 Å². The van der Waals surface area contributed by atoms with Gasteiger partial charge >= 0.3 is 11.7 Å². The fourth-order valence-corrected chi connectivity index (χ4v) is 1.60. The molecule has 0 spiro atoms. The Labute approximate surface area is 108 Å². The molecule has 2 heterocycles. The van der Waals surface area contributed by atoms with Crippen molar-refractivity contribution in [1.82, 2.24) is 4.98 Å². The molecule has 1 unspecified atom stereocenters. The maximum Gasteiger partial charge on any atom is 0.356 e. The standard InChI is InChI=1S/C11H13N3O5/c1-18-11(15)8-2-3-9(14(16)17)10(13-8)12-6-7-4-5-19-7/h2-3,7H,4-6H2,1H3,(H,12,13). The lowest BCUT2D eigenvalue weighted by atomic mass is 10.2. The largest absolute Gasteiger partial charge is 0.464 e. The van der Waals surface area contributed by atoms with Gasteiger partial charge in [-0.1, -0.05) is 0 Å². The highest BCUT2D eigenvalue weighted by atomic mass is 16.6. The summed E-state index contributed by atoms with van der Waals surface area (Å²) in [4.78, 5) is 25.6. The molecule has 19 heavy (non-hydrogen) atoms. The predicted molar refractivity (Wildman–Crippen MR) is 65.1 cm³/mol. The van der Waals surface area contributed by atoms with Crippen molar-refractivity contribution in [3.05, 3.63) is 27.9 Å². The molecule has 0 aliphatic carbocycles. The smallest absolute Gasteiger partial charge is 0.356 e. The summed E-state index contributed by atoms with van der Waals surface area (Å²) in [5.74, 6) is -0.596. The van der Waals surface area contributed by atoms with E-state index < -0.39 is 10.9 Å². The van der Waals surface area contributed by atoms with Gasteiger partial charge in [-0.25, -0.2) is 9.78 Å². The summed E-state index contributed by atoms with van der Waals surface area (Å²) < 4.78 is 9.73. The molecule has 1 atom stereocenters. The Kier molecular flexibility index (Phi) is 3.91. The first-order valence-corrected chi connectivity index (χ1v) is 5.71. The minimum atomic E-state index is -0.641. The van der Waals surface area contributed by atoms with Crippen LogP contribution in [0, 0.1) is 10.1 Å². The SMILES string of the molecule is COC(=O)c1ccc([N+](=O)[O-])c(NCC2CCO2)n1. The van der Waals surface area contributed by atoms with Crippen LogP contribution >= 0.6 is 0 Å². The van der Waals surface area contributed by atoms with Crippen molar-refractivity contribution in [3.8, 4) is 0 Å². The molecule has 0 radical (unpaired) electrons. The lowest BCUT2D eigenvalue weighted by Crippen LogP contribution is -2.33. The van der Waals surface area contributed by atoms with E-state index in [9.17, 15) is 14.9 Å². The number of carbonyl (C=O) groups excluding carboxylic acids is 1. The quantitative estimate of drug-likeness (QED) is 0.481. The van der Waals surface area contributed by atoms with Gasteiger partial charge in [0.05, 0.1) is 18.1 Å². The third-order valence-electron chi connectivity index (χ3n) is 2.76. The van der Waals surface area contributed by atoms with Crippen LogP contribution in [0.3, 0.4) is 0 Å². The van der Waals surface area contributed by atoms with E-state index in [0.717, 1.165) is 6.42 Å². The summed E-state index contributed by atoms with van der Waals surface area (Å²) >= 11 is 0. The lowest BCUT2D eigenvalue weighted by molar-refractivity contribution is -0.384. The summed E-state index contributed by atoms with van der Waals surface area (Å²) in [6.45, 7) is 1.11. The van der Waals surface area contributed by atoms with Crippen LogP contribution in [-0.4, -0.2) is 42.2 Å². The molecule has 1 saturated heterocycles. The highest BCUT2D eigenvalue weighted by Crippen LogP contribution is 2.23. The Morgan fingerprint density at radius 2 is 2.42 bits per heavy atom. The Bertz CT molecular complexity index is 501. The van der Waals surface area contributed by atoms with Gasteiger partial charge in [0.2, 0.25) is 5.82 Å². The normalized spacial score (nSPS) is 17.4. The van der Waals surface area contributed by atoms with Gasteiger partial charge in [0.25, 0.3) is 0 Å². The van der Waals surface area contributed by atoms with E-state index in [1.54, 1.807) is 0 Å². The molecular formula is C11H13N3O5. The Morgan fingerprint density at radius 3 is 2.95 bits per heavy atom. The van der Waals surface area contributed by atoms with Crippen LogP contribution < -0.4 is 5.32 Å². The Morgan fingerprint density at radius 1 is 1.68 bits per heavy atom. The molecule has 8 nitrogen and oxygen atoms in total. The zero-order valence-electron chi connectivity index (χ0n) is 10.3.